The largest absolute Gasteiger partial charge is 0.356 e. The Balaban J connectivity index is 3.78. The van der Waals surface area contributed by atoms with Crippen LogP contribution in [0.4, 0.5) is 0 Å². The summed E-state index contributed by atoms with van der Waals surface area (Å²) in [7, 11) is 0. The van der Waals surface area contributed by atoms with Crippen molar-refractivity contribution in [2.75, 3.05) is 13.1 Å². The van der Waals surface area contributed by atoms with Crippen LogP contribution in [0.3, 0.4) is 0 Å². The summed E-state index contributed by atoms with van der Waals surface area (Å²) < 4.78 is 0. The Kier molecular flexibility index (Phi) is 14.8. The molecule has 0 unspecified atom stereocenters. The molecule has 2 N–H and O–H groups in total. The van der Waals surface area contributed by atoms with Gasteiger partial charge in [0.05, 0.1) is 0 Å². The van der Waals surface area contributed by atoms with Crippen LogP contribution in [0.25, 0.3) is 0 Å². The van der Waals surface area contributed by atoms with Gasteiger partial charge in [0.1, 0.15) is 0 Å². The lowest BCUT2D eigenvalue weighted by Gasteiger charge is -2.15. The second kappa shape index (κ2) is 15.5. The smallest absolute Gasteiger partial charge is 0.223 e. The van der Waals surface area contributed by atoms with E-state index in [1.54, 1.807) is 0 Å². The van der Waals surface area contributed by atoms with E-state index in [2.05, 4.69) is 38.3 Å². The van der Waals surface area contributed by atoms with Crippen molar-refractivity contribution in [3.8, 4) is 0 Å². The molecule has 0 aliphatic carbocycles. The molecule has 0 saturated heterocycles. The highest BCUT2D eigenvalue weighted by Crippen LogP contribution is 2.13. The lowest BCUT2D eigenvalue weighted by Crippen LogP contribution is -2.33. The molecule has 0 bridgehead atoms. The third kappa shape index (κ3) is 10.7. The highest BCUT2D eigenvalue weighted by atomic mass is 16.2. The summed E-state index contributed by atoms with van der Waals surface area (Å²) in [5.41, 5.74) is 0. The zero-order valence-corrected chi connectivity index (χ0v) is 16.5. The zero-order valence-electron chi connectivity index (χ0n) is 16.5. The Morgan fingerprint density at radius 3 is 1.33 bits per heavy atom. The molecule has 0 aliphatic rings. The van der Waals surface area contributed by atoms with Crippen LogP contribution in [0, 0.1) is 11.8 Å². The van der Waals surface area contributed by atoms with E-state index >= 15 is 0 Å². The minimum Gasteiger partial charge on any atom is -0.356 e. The van der Waals surface area contributed by atoms with Crippen molar-refractivity contribution in [3.05, 3.63) is 0 Å². The fraction of sp³-hybridized carbons (Fsp3) is 0.900. The van der Waals surface area contributed by atoms with Crippen LogP contribution < -0.4 is 10.6 Å². The van der Waals surface area contributed by atoms with Gasteiger partial charge in [-0.05, 0) is 38.5 Å². The molecule has 4 nitrogen and oxygen atoms in total. The van der Waals surface area contributed by atoms with E-state index in [4.69, 9.17) is 0 Å². The highest BCUT2D eigenvalue weighted by Gasteiger charge is 2.16. The van der Waals surface area contributed by atoms with E-state index in [-0.39, 0.29) is 23.7 Å². The standard InChI is InChI=1S/C20H40N2O2/c1-5-9-13-17(7-3)19(23)21-15-11-12-16-22-20(24)18(8-4)14-10-6-2/h17-18H,5-16H2,1-4H3,(H,21,23)(H,22,24)/t17-,18-/m1/s1. The van der Waals surface area contributed by atoms with E-state index in [1.165, 1.54) is 0 Å². The summed E-state index contributed by atoms with van der Waals surface area (Å²) in [6.07, 6.45) is 10.2. The lowest BCUT2D eigenvalue weighted by molar-refractivity contribution is -0.126. The quantitative estimate of drug-likeness (QED) is 0.433. The summed E-state index contributed by atoms with van der Waals surface area (Å²) in [6, 6.07) is 0. The van der Waals surface area contributed by atoms with Crippen LogP contribution >= 0.6 is 0 Å². The van der Waals surface area contributed by atoms with E-state index in [0.29, 0.717) is 13.1 Å². The van der Waals surface area contributed by atoms with Gasteiger partial charge in [-0.1, -0.05) is 53.4 Å². The fourth-order valence-corrected chi connectivity index (χ4v) is 2.90. The summed E-state index contributed by atoms with van der Waals surface area (Å²) in [6.45, 7) is 9.90. The molecular formula is C20H40N2O2. The summed E-state index contributed by atoms with van der Waals surface area (Å²) in [5, 5.41) is 6.08. The Morgan fingerprint density at radius 2 is 1.04 bits per heavy atom. The monoisotopic (exact) mass is 340 g/mol. The first-order chi connectivity index (χ1) is 11.6. The van der Waals surface area contributed by atoms with Gasteiger partial charge < -0.3 is 10.6 Å². The van der Waals surface area contributed by atoms with Crippen molar-refractivity contribution in [2.45, 2.75) is 91.9 Å². The van der Waals surface area contributed by atoms with Gasteiger partial charge in [0.2, 0.25) is 11.8 Å². The van der Waals surface area contributed by atoms with Gasteiger partial charge in [-0.3, -0.25) is 9.59 Å². The third-order valence-electron chi connectivity index (χ3n) is 4.74. The Hall–Kier alpha value is -1.06. The highest BCUT2D eigenvalue weighted by molar-refractivity contribution is 5.78. The third-order valence-corrected chi connectivity index (χ3v) is 4.74. The van der Waals surface area contributed by atoms with E-state index in [1.807, 2.05) is 0 Å². The van der Waals surface area contributed by atoms with Gasteiger partial charge >= 0.3 is 0 Å². The molecule has 0 aromatic rings. The van der Waals surface area contributed by atoms with Crippen molar-refractivity contribution in [1.82, 2.24) is 10.6 Å². The van der Waals surface area contributed by atoms with Gasteiger partial charge in [-0.25, -0.2) is 0 Å². The summed E-state index contributed by atoms with van der Waals surface area (Å²) in [4.78, 5) is 24.1. The minimum atomic E-state index is 0.161. The molecule has 24 heavy (non-hydrogen) atoms. The van der Waals surface area contributed by atoms with Gasteiger partial charge in [0, 0.05) is 24.9 Å². The number of carbonyl (C=O) groups excluding carboxylic acids is 2. The number of amides is 2. The molecule has 0 aliphatic heterocycles. The average molecular weight is 341 g/mol. The topological polar surface area (TPSA) is 58.2 Å². The molecule has 2 atom stereocenters. The summed E-state index contributed by atoms with van der Waals surface area (Å²) >= 11 is 0. The molecule has 0 fully saturated rings. The number of unbranched alkanes of at least 4 members (excludes halogenated alkanes) is 3. The molecule has 0 spiro atoms. The van der Waals surface area contributed by atoms with Crippen molar-refractivity contribution >= 4 is 11.8 Å². The van der Waals surface area contributed by atoms with Crippen molar-refractivity contribution in [2.24, 2.45) is 11.8 Å². The second-order valence-corrected chi connectivity index (χ2v) is 6.78. The molecule has 2 amide bonds. The van der Waals surface area contributed by atoms with Gasteiger partial charge in [0.25, 0.3) is 0 Å². The van der Waals surface area contributed by atoms with Gasteiger partial charge in [-0.2, -0.15) is 0 Å². The Morgan fingerprint density at radius 1 is 0.667 bits per heavy atom. The molecule has 0 radical (unpaired) electrons. The van der Waals surface area contributed by atoms with Crippen LogP contribution in [-0.4, -0.2) is 24.9 Å². The number of hydrogen-bond donors (Lipinski definition) is 2. The Bertz CT molecular complexity index is 300. The summed E-state index contributed by atoms with van der Waals surface area (Å²) in [5.74, 6) is 0.711. The maximum atomic E-state index is 12.1. The van der Waals surface area contributed by atoms with Crippen LogP contribution in [0.1, 0.15) is 91.9 Å². The van der Waals surface area contributed by atoms with Crippen LogP contribution in [0.15, 0.2) is 0 Å². The first-order valence-electron chi connectivity index (χ1n) is 10.2. The predicted octanol–water partition coefficient (Wildman–Crippen LogP) is 4.43. The maximum Gasteiger partial charge on any atom is 0.223 e. The molecule has 0 aromatic heterocycles. The maximum absolute atomic E-state index is 12.1. The van der Waals surface area contributed by atoms with E-state index < -0.39 is 0 Å². The zero-order chi connectivity index (χ0) is 18.2. The van der Waals surface area contributed by atoms with Gasteiger partial charge in [0.15, 0.2) is 0 Å². The van der Waals surface area contributed by atoms with Crippen molar-refractivity contribution < 1.29 is 9.59 Å². The van der Waals surface area contributed by atoms with E-state index in [0.717, 1.165) is 64.2 Å². The molecule has 0 heterocycles. The average Bonchev–Trinajstić information content (AvgIpc) is 2.59. The van der Waals surface area contributed by atoms with Crippen molar-refractivity contribution in [1.29, 1.82) is 0 Å². The van der Waals surface area contributed by atoms with Crippen LogP contribution in [-0.2, 0) is 9.59 Å². The van der Waals surface area contributed by atoms with Crippen molar-refractivity contribution in [3.63, 3.8) is 0 Å². The molecule has 4 heteroatoms. The first kappa shape index (κ1) is 22.9. The number of nitrogens with one attached hydrogen (secondary N) is 2. The lowest BCUT2D eigenvalue weighted by atomic mass is 9.98. The molecule has 0 rings (SSSR count). The molecule has 0 saturated carbocycles. The predicted molar refractivity (Wildman–Crippen MR) is 102 cm³/mol. The number of hydrogen-bond acceptors (Lipinski definition) is 2. The van der Waals surface area contributed by atoms with Crippen LogP contribution in [0.5, 0.6) is 0 Å². The van der Waals surface area contributed by atoms with Crippen LogP contribution in [0.2, 0.25) is 0 Å². The minimum absolute atomic E-state index is 0.161. The molecule has 0 aromatic carbocycles. The normalized spacial score (nSPS) is 13.3. The number of carbonyl (C=O) groups is 2. The number of rotatable bonds is 15. The van der Waals surface area contributed by atoms with E-state index in [9.17, 15) is 9.59 Å². The second-order valence-electron chi connectivity index (χ2n) is 6.78. The Labute approximate surface area is 149 Å². The fourth-order valence-electron chi connectivity index (χ4n) is 2.90. The SMILES string of the molecule is CCCC[C@@H](CC)C(=O)NCCCCNC(=O)[C@H](CC)CCCC. The first-order valence-corrected chi connectivity index (χ1v) is 10.2. The van der Waals surface area contributed by atoms with Gasteiger partial charge in [-0.15, -0.1) is 0 Å². The molecule has 142 valence electrons. The molecular weight excluding hydrogens is 300 g/mol.